The largest absolute Gasteiger partial charge is 0.497 e. The van der Waals surface area contributed by atoms with E-state index in [4.69, 9.17) is 16.3 Å². The maximum absolute atomic E-state index is 13.1. The second-order valence-corrected chi connectivity index (χ2v) is 10.7. The van der Waals surface area contributed by atoms with Crippen molar-refractivity contribution >= 4 is 44.8 Å². The number of fused-ring (bicyclic) bond motifs is 1. The first-order valence-corrected chi connectivity index (χ1v) is 13.5. The first-order valence-electron chi connectivity index (χ1n) is 11.2. The van der Waals surface area contributed by atoms with E-state index in [-0.39, 0.29) is 18.2 Å². The molecule has 0 saturated heterocycles. The van der Waals surface area contributed by atoms with Gasteiger partial charge in [-0.2, -0.15) is 0 Å². The SMILES string of the molecule is COc1ccc(C(=O)N2CCc3ccc(NC(=O)C[C@H](NS(C)(=O)=O)c4ccc(Cl)cc4)cc32)cc1. The van der Waals surface area contributed by atoms with Gasteiger partial charge < -0.3 is 15.0 Å². The monoisotopic (exact) mass is 527 g/mol. The van der Waals surface area contributed by atoms with Crippen molar-refractivity contribution < 1.29 is 22.7 Å². The summed E-state index contributed by atoms with van der Waals surface area (Å²) in [6, 6.07) is 18.2. The highest BCUT2D eigenvalue weighted by Gasteiger charge is 2.26. The molecule has 2 amide bonds. The molecular formula is C26H26ClN3O5S. The Labute approximate surface area is 215 Å². The van der Waals surface area contributed by atoms with Crippen molar-refractivity contribution in [1.82, 2.24) is 4.72 Å². The minimum absolute atomic E-state index is 0.125. The normalized spacial score (nSPS) is 13.7. The number of anilines is 2. The summed E-state index contributed by atoms with van der Waals surface area (Å²) in [5.74, 6) is 0.151. The number of methoxy groups -OCH3 is 1. The number of nitrogens with zero attached hydrogens (tertiary/aromatic N) is 1. The Morgan fingerprint density at radius 3 is 2.39 bits per heavy atom. The molecule has 0 spiro atoms. The smallest absolute Gasteiger partial charge is 0.258 e. The number of sulfonamides is 1. The van der Waals surface area contributed by atoms with Gasteiger partial charge in [-0.15, -0.1) is 0 Å². The minimum atomic E-state index is -3.57. The lowest BCUT2D eigenvalue weighted by Gasteiger charge is -2.20. The van der Waals surface area contributed by atoms with Gasteiger partial charge in [-0.05, 0) is 66.1 Å². The number of halogens is 1. The molecule has 0 aliphatic carbocycles. The summed E-state index contributed by atoms with van der Waals surface area (Å²) in [6.45, 7) is 0.536. The zero-order chi connectivity index (χ0) is 25.9. The van der Waals surface area contributed by atoms with Crippen LogP contribution in [0.15, 0.2) is 66.7 Å². The standard InChI is InChI=1S/C26H26ClN3O5S/c1-35-22-11-6-19(7-12-22)26(32)30-14-13-18-5-10-21(15-24(18)30)28-25(31)16-23(29-36(2,33)34)17-3-8-20(27)9-4-17/h3-12,15,23,29H,13-14,16H2,1-2H3,(H,28,31)/t23-/m0/s1. The number of rotatable bonds is 8. The van der Waals surface area contributed by atoms with E-state index < -0.39 is 16.1 Å². The molecule has 8 nitrogen and oxygen atoms in total. The molecule has 3 aromatic rings. The van der Waals surface area contributed by atoms with Crippen LogP contribution >= 0.6 is 11.6 Å². The number of carbonyl (C=O) groups excluding carboxylic acids is 2. The second-order valence-electron chi connectivity index (χ2n) is 8.53. The summed E-state index contributed by atoms with van der Waals surface area (Å²) in [5, 5.41) is 3.34. The van der Waals surface area contributed by atoms with Crippen molar-refractivity contribution in [3.8, 4) is 5.75 Å². The molecule has 1 aliphatic heterocycles. The highest BCUT2D eigenvalue weighted by molar-refractivity contribution is 7.88. The average Bonchev–Trinajstić information content (AvgIpc) is 3.26. The Morgan fingerprint density at radius 1 is 1.06 bits per heavy atom. The van der Waals surface area contributed by atoms with Gasteiger partial charge in [0.1, 0.15) is 5.75 Å². The van der Waals surface area contributed by atoms with Crippen LogP contribution in [0.5, 0.6) is 5.75 Å². The molecule has 1 atom stereocenters. The van der Waals surface area contributed by atoms with Crippen LogP contribution in [-0.2, 0) is 21.2 Å². The van der Waals surface area contributed by atoms with Crippen LogP contribution in [0, 0.1) is 0 Å². The summed E-state index contributed by atoms with van der Waals surface area (Å²) < 4.78 is 31.4. The number of nitrogens with one attached hydrogen (secondary N) is 2. The van der Waals surface area contributed by atoms with E-state index >= 15 is 0 Å². The molecule has 4 rings (SSSR count). The predicted octanol–water partition coefficient (Wildman–Crippen LogP) is 4.17. The van der Waals surface area contributed by atoms with E-state index in [0.717, 1.165) is 17.5 Å². The Hall–Kier alpha value is -3.40. The van der Waals surface area contributed by atoms with Crippen LogP contribution in [0.4, 0.5) is 11.4 Å². The Morgan fingerprint density at radius 2 is 1.75 bits per heavy atom. The molecule has 36 heavy (non-hydrogen) atoms. The van der Waals surface area contributed by atoms with Gasteiger partial charge in [0.05, 0.1) is 19.4 Å². The fourth-order valence-corrected chi connectivity index (χ4v) is 5.00. The van der Waals surface area contributed by atoms with E-state index in [2.05, 4.69) is 10.0 Å². The molecule has 10 heteroatoms. The summed E-state index contributed by atoms with van der Waals surface area (Å²) in [5.41, 5.74) is 3.41. The zero-order valence-corrected chi connectivity index (χ0v) is 21.4. The molecule has 0 radical (unpaired) electrons. The van der Waals surface area contributed by atoms with Gasteiger partial charge in [-0.3, -0.25) is 9.59 Å². The summed E-state index contributed by atoms with van der Waals surface area (Å²) in [6.07, 6.45) is 1.63. The third-order valence-electron chi connectivity index (χ3n) is 5.86. The van der Waals surface area contributed by atoms with Gasteiger partial charge in [-0.1, -0.05) is 29.8 Å². The first-order chi connectivity index (χ1) is 17.1. The Bertz CT molecular complexity index is 1380. The first kappa shape index (κ1) is 25.7. The van der Waals surface area contributed by atoms with Crippen molar-refractivity contribution in [3.05, 3.63) is 88.4 Å². The molecule has 188 valence electrons. The number of carbonyl (C=O) groups is 2. The minimum Gasteiger partial charge on any atom is -0.497 e. The zero-order valence-electron chi connectivity index (χ0n) is 19.8. The van der Waals surface area contributed by atoms with Crippen molar-refractivity contribution in [3.63, 3.8) is 0 Å². The summed E-state index contributed by atoms with van der Waals surface area (Å²) in [4.78, 5) is 27.7. The molecule has 2 N–H and O–H groups in total. The van der Waals surface area contributed by atoms with Gasteiger partial charge in [0.25, 0.3) is 5.91 Å². The average molecular weight is 528 g/mol. The third-order valence-corrected chi connectivity index (χ3v) is 6.83. The molecule has 0 bridgehead atoms. The van der Waals surface area contributed by atoms with Gasteiger partial charge in [0, 0.05) is 34.9 Å². The van der Waals surface area contributed by atoms with Crippen molar-refractivity contribution in [2.24, 2.45) is 0 Å². The molecule has 0 fully saturated rings. The van der Waals surface area contributed by atoms with Crippen LogP contribution in [-0.4, -0.2) is 40.1 Å². The molecule has 1 aliphatic rings. The van der Waals surface area contributed by atoms with Gasteiger partial charge >= 0.3 is 0 Å². The number of ether oxygens (including phenoxy) is 1. The molecule has 0 unspecified atom stereocenters. The molecule has 0 saturated carbocycles. The Balaban J connectivity index is 1.50. The van der Waals surface area contributed by atoms with Gasteiger partial charge in [0.2, 0.25) is 15.9 Å². The van der Waals surface area contributed by atoms with E-state index in [9.17, 15) is 18.0 Å². The number of hydrogen-bond acceptors (Lipinski definition) is 5. The maximum atomic E-state index is 13.1. The van der Waals surface area contributed by atoms with Crippen LogP contribution in [0.1, 0.15) is 33.9 Å². The lowest BCUT2D eigenvalue weighted by molar-refractivity contribution is -0.116. The van der Waals surface area contributed by atoms with Gasteiger partial charge in [-0.25, -0.2) is 13.1 Å². The Kier molecular flexibility index (Phi) is 7.63. The van der Waals surface area contributed by atoms with Crippen LogP contribution in [0.3, 0.4) is 0 Å². The second kappa shape index (κ2) is 10.7. The van der Waals surface area contributed by atoms with Crippen LogP contribution in [0.2, 0.25) is 5.02 Å². The number of amides is 2. The van der Waals surface area contributed by atoms with Crippen LogP contribution in [0.25, 0.3) is 0 Å². The van der Waals surface area contributed by atoms with E-state index in [1.54, 1.807) is 72.7 Å². The molecular weight excluding hydrogens is 502 g/mol. The number of benzene rings is 3. The molecule has 3 aromatic carbocycles. The topological polar surface area (TPSA) is 105 Å². The van der Waals surface area contributed by atoms with E-state index in [1.807, 2.05) is 6.07 Å². The predicted molar refractivity (Wildman–Crippen MR) is 140 cm³/mol. The lowest BCUT2D eigenvalue weighted by atomic mass is 10.0. The third kappa shape index (κ3) is 6.23. The fraction of sp³-hybridized carbons (Fsp3) is 0.231. The van der Waals surface area contributed by atoms with Crippen molar-refractivity contribution in [2.45, 2.75) is 18.9 Å². The van der Waals surface area contributed by atoms with Gasteiger partial charge in [0.15, 0.2) is 0 Å². The van der Waals surface area contributed by atoms with E-state index in [0.29, 0.717) is 40.6 Å². The van der Waals surface area contributed by atoms with Crippen molar-refractivity contribution in [1.29, 1.82) is 0 Å². The highest BCUT2D eigenvalue weighted by Crippen LogP contribution is 2.32. The van der Waals surface area contributed by atoms with Crippen LogP contribution < -0.4 is 19.7 Å². The van der Waals surface area contributed by atoms with E-state index in [1.165, 1.54) is 0 Å². The molecule has 1 heterocycles. The van der Waals surface area contributed by atoms with Crippen molar-refractivity contribution in [2.75, 3.05) is 30.1 Å². The number of hydrogen-bond donors (Lipinski definition) is 2. The summed E-state index contributed by atoms with van der Waals surface area (Å²) in [7, 11) is -2.00. The quantitative estimate of drug-likeness (QED) is 0.457. The maximum Gasteiger partial charge on any atom is 0.258 e. The molecule has 0 aromatic heterocycles. The highest BCUT2D eigenvalue weighted by atomic mass is 35.5. The fourth-order valence-electron chi connectivity index (χ4n) is 4.14. The lowest BCUT2D eigenvalue weighted by Crippen LogP contribution is -2.31. The summed E-state index contributed by atoms with van der Waals surface area (Å²) >= 11 is 5.94.